The summed E-state index contributed by atoms with van der Waals surface area (Å²) in [6, 6.07) is 16.3. The van der Waals surface area contributed by atoms with Gasteiger partial charge in [-0.3, -0.25) is 9.59 Å². The zero-order chi connectivity index (χ0) is 17.4. The molecule has 0 radical (unpaired) electrons. The highest BCUT2D eigenvalue weighted by atomic mass is 16.5. The molecule has 24 heavy (non-hydrogen) atoms. The summed E-state index contributed by atoms with van der Waals surface area (Å²) in [7, 11) is 1.55. The maximum absolute atomic E-state index is 11.9. The number of hydrazone groups is 1. The van der Waals surface area contributed by atoms with Crippen molar-refractivity contribution >= 4 is 18.0 Å². The van der Waals surface area contributed by atoms with Crippen molar-refractivity contribution in [2.75, 3.05) is 7.11 Å². The maximum Gasteiger partial charge on any atom is 0.329 e. The van der Waals surface area contributed by atoms with Crippen LogP contribution in [0.5, 0.6) is 5.75 Å². The summed E-state index contributed by atoms with van der Waals surface area (Å²) >= 11 is 0. The van der Waals surface area contributed by atoms with E-state index in [2.05, 4.69) is 15.8 Å². The number of nitrogens with one attached hydrogen (secondary N) is 2. The molecule has 6 heteroatoms. The van der Waals surface area contributed by atoms with Gasteiger partial charge in [-0.05, 0) is 24.6 Å². The summed E-state index contributed by atoms with van der Waals surface area (Å²) in [5.74, 6) is -0.954. The van der Waals surface area contributed by atoms with Gasteiger partial charge in [-0.25, -0.2) is 5.43 Å². The Bertz CT molecular complexity index is 729. The Morgan fingerprint density at radius 2 is 1.71 bits per heavy atom. The second-order valence-electron chi connectivity index (χ2n) is 5.05. The largest absolute Gasteiger partial charge is 0.496 e. The molecule has 1 atom stereocenters. The highest BCUT2D eigenvalue weighted by molar-refractivity contribution is 6.35. The van der Waals surface area contributed by atoms with Gasteiger partial charge in [-0.15, -0.1) is 0 Å². The van der Waals surface area contributed by atoms with Crippen molar-refractivity contribution in [1.29, 1.82) is 0 Å². The van der Waals surface area contributed by atoms with E-state index in [-0.39, 0.29) is 6.04 Å². The van der Waals surface area contributed by atoms with Gasteiger partial charge in [-0.2, -0.15) is 5.10 Å². The van der Waals surface area contributed by atoms with Crippen molar-refractivity contribution < 1.29 is 14.3 Å². The first-order chi connectivity index (χ1) is 11.6. The lowest BCUT2D eigenvalue weighted by Crippen LogP contribution is -2.39. The summed E-state index contributed by atoms with van der Waals surface area (Å²) in [6.07, 6.45) is 1.42. The Morgan fingerprint density at radius 3 is 2.42 bits per heavy atom. The molecule has 0 bridgehead atoms. The predicted octanol–water partition coefficient (Wildman–Crippen LogP) is 2.02. The molecular weight excluding hydrogens is 306 g/mol. The van der Waals surface area contributed by atoms with Crippen LogP contribution in [0.3, 0.4) is 0 Å². The molecule has 0 aliphatic heterocycles. The first kappa shape index (κ1) is 17.2. The molecular formula is C18H19N3O3. The molecule has 2 aromatic rings. The third kappa shape index (κ3) is 4.67. The molecule has 0 heterocycles. The first-order valence-electron chi connectivity index (χ1n) is 7.43. The summed E-state index contributed by atoms with van der Waals surface area (Å²) in [5, 5.41) is 6.40. The van der Waals surface area contributed by atoms with Crippen molar-refractivity contribution in [2.24, 2.45) is 5.10 Å². The van der Waals surface area contributed by atoms with Crippen molar-refractivity contribution in [3.63, 3.8) is 0 Å². The Kier molecular flexibility index (Phi) is 6.08. The van der Waals surface area contributed by atoms with Crippen LogP contribution in [0.15, 0.2) is 59.7 Å². The molecule has 1 unspecified atom stereocenters. The molecule has 2 N–H and O–H groups in total. The number of amides is 2. The number of para-hydroxylation sites is 1. The fourth-order valence-corrected chi connectivity index (χ4v) is 2.07. The van der Waals surface area contributed by atoms with E-state index in [0.29, 0.717) is 11.3 Å². The van der Waals surface area contributed by atoms with Crippen LogP contribution < -0.4 is 15.5 Å². The van der Waals surface area contributed by atoms with Crippen molar-refractivity contribution in [2.45, 2.75) is 13.0 Å². The van der Waals surface area contributed by atoms with Crippen molar-refractivity contribution in [1.82, 2.24) is 10.7 Å². The van der Waals surface area contributed by atoms with Crippen LogP contribution in [0.25, 0.3) is 0 Å². The van der Waals surface area contributed by atoms with Crippen LogP contribution in [0.2, 0.25) is 0 Å². The average molecular weight is 325 g/mol. The quantitative estimate of drug-likeness (QED) is 0.501. The van der Waals surface area contributed by atoms with E-state index >= 15 is 0 Å². The number of rotatable bonds is 5. The molecule has 6 nitrogen and oxygen atoms in total. The maximum atomic E-state index is 11.9. The number of methoxy groups -OCH3 is 1. The lowest BCUT2D eigenvalue weighted by molar-refractivity contribution is -0.139. The van der Waals surface area contributed by atoms with Gasteiger partial charge in [0.2, 0.25) is 0 Å². The number of hydrogen-bond donors (Lipinski definition) is 2. The molecule has 0 saturated carbocycles. The second kappa shape index (κ2) is 8.47. The van der Waals surface area contributed by atoms with Crippen LogP contribution >= 0.6 is 0 Å². The number of hydrogen-bond acceptors (Lipinski definition) is 4. The second-order valence-corrected chi connectivity index (χ2v) is 5.05. The molecule has 124 valence electrons. The lowest BCUT2D eigenvalue weighted by Gasteiger charge is -2.13. The van der Waals surface area contributed by atoms with Gasteiger partial charge in [-0.1, -0.05) is 42.5 Å². The normalized spacial score (nSPS) is 11.8. The van der Waals surface area contributed by atoms with Gasteiger partial charge >= 0.3 is 11.8 Å². The summed E-state index contributed by atoms with van der Waals surface area (Å²) in [5.41, 5.74) is 3.81. The predicted molar refractivity (Wildman–Crippen MR) is 91.7 cm³/mol. The minimum atomic E-state index is -0.830. The van der Waals surface area contributed by atoms with E-state index in [1.807, 2.05) is 42.5 Å². The zero-order valence-electron chi connectivity index (χ0n) is 13.5. The molecule has 0 spiro atoms. The van der Waals surface area contributed by atoms with Crippen LogP contribution in [0.4, 0.5) is 0 Å². The molecule has 0 aliphatic rings. The number of ether oxygens (including phenoxy) is 1. The van der Waals surface area contributed by atoms with Crippen molar-refractivity contribution in [3.8, 4) is 5.75 Å². The monoisotopic (exact) mass is 325 g/mol. The Labute approximate surface area is 140 Å². The first-order valence-corrected chi connectivity index (χ1v) is 7.43. The van der Waals surface area contributed by atoms with Crippen LogP contribution in [0, 0.1) is 0 Å². The number of carbonyl (C=O) groups is 2. The third-order valence-electron chi connectivity index (χ3n) is 3.36. The van der Waals surface area contributed by atoms with Gasteiger partial charge in [0.25, 0.3) is 0 Å². The average Bonchev–Trinajstić information content (AvgIpc) is 2.62. The van der Waals surface area contributed by atoms with E-state index in [9.17, 15) is 9.59 Å². The van der Waals surface area contributed by atoms with E-state index in [1.54, 1.807) is 26.2 Å². The van der Waals surface area contributed by atoms with E-state index < -0.39 is 11.8 Å². The number of carbonyl (C=O) groups excluding carboxylic acids is 2. The molecule has 0 aliphatic carbocycles. The van der Waals surface area contributed by atoms with Gasteiger partial charge in [0, 0.05) is 5.56 Å². The standard InChI is InChI=1S/C18H19N3O3/c1-13(14-8-4-3-5-9-14)20-17(22)18(23)21-19-12-15-10-6-7-11-16(15)24-2/h3-13H,1-2H3,(H,20,22)(H,21,23)/b19-12+. The summed E-state index contributed by atoms with van der Waals surface area (Å²) < 4.78 is 5.17. The molecule has 2 amide bonds. The summed E-state index contributed by atoms with van der Waals surface area (Å²) in [4.78, 5) is 23.7. The van der Waals surface area contributed by atoms with E-state index in [4.69, 9.17) is 4.74 Å². The molecule has 0 aromatic heterocycles. The van der Waals surface area contributed by atoms with E-state index in [0.717, 1.165) is 5.56 Å². The topological polar surface area (TPSA) is 79.8 Å². The van der Waals surface area contributed by atoms with Gasteiger partial charge in [0.1, 0.15) is 5.75 Å². The Morgan fingerprint density at radius 1 is 1.04 bits per heavy atom. The zero-order valence-corrected chi connectivity index (χ0v) is 13.5. The fraction of sp³-hybridized carbons (Fsp3) is 0.167. The number of benzene rings is 2. The summed E-state index contributed by atoms with van der Waals surface area (Å²) in [6.45, 7) is 1.80. The smallest absolute Gasteiger partial charge is 0.329 e. The van der Waals surface area contributed by atoms with Crippen LogP contribution in [-0.2, 0) is 9.59 Å². The van der Waals surface area contributed by atoms with Crippen molar-refractivity contribution in [3.05, 3.63) is 65.7 Å². The Hall–Kier alpha value is -3.15. The SMILES string of the molecule is COc1ccccc1/C=N/NC(=O)C(=O)NC(C)c1ccccc1. The molecule has 0 fully saturated rings. The highest BCUT2D eigenvalue weighted by Gasteiger charge is 2.16. The van der Waals surface area contributed by atoms with Crippen LogP contribution in [0.1, 0.15) is 24.1 Å². The Balaban J connectivity index is 1.90. The molecule has 2 aromatic carbocycles. The van der Waals surface area contributed by atoms with Gasteiger partial charge in [0.15, 0.2) is 0 Å². The lowest BCUT2D eigenvalue weighted by atomic mass is 10.1. The van der Waals surface area contributed by atoms with Gasteiger partial charge in [0.05, 0.1) is 19.4 Å². The highest BCUT2D eigenvalue weighted by Crippen LogP contribution is 2.14. The third-order valence-corrected chi connectivity index (χ3v) is 3.36. The van der Waals surface area contributed by atoms with E-state index in [1.165, 1.54) is 6.21 Å². The minimum absolute atomic E-state index is 0.275. The van der Waals surface area contributed by atoms with Gasteiger partial charge < -0.3 is 10.1 Å². The fourth-order valence-electron chi connectivity index (χ4n) is 2.07. The molecule has 0 saturated heterocycles. The molecule has 2 rings (SSSR count). The van der Waals surface area contributed by atoms with Crippen LogP contribution in [-0.4, -0.2) is 25.1 Å². The number of nitrogens with zero attached hydrogens (tertiary/aromatic N) is 1. The minimum Gasteiger partial charge on any atom is -0.496 e.